The number of nitrogens with one attached hydrogen (secondary N) is 1. The third-order valence-electron chi connectivity index (χ3n) is 7.51. The summed E-state index contributed by atoms with van der Waals surface area (Å²) in [4.78, 5) is 35.9. The third-order valence-corrected chi connectivity index (χ3v) is 7.51. The topological polar surface area (TPSA) is 118 Å². The van der Waals surface area contributed by atoms with E-state index in [1.807, 2.05) is 24.3 Å². The molecule has 0 saturated heterocycles. The summed E-state index contributed by atoms with van der Waals surface area (Å²) in [7, 11) is 4.70. The van der Waals surface area contributed by atoms with Gasteiger partial charge in [-0.25, -0.2) is 9.37 Å². The minimum absolute atomic E-state index is 0.0759. The number of para-hydroxylation sites is 1. The molecule has 1 N–H and O–H groups in total. The van der Waals surface area contributed by atoms with Gasteiger partial charge < -0.3 is 28.5 Å². The second-order valence-corrected chi connectivity index (χ2v) is 10.0. The number of halogens is 1. The quantitative estimate of drug-likeness (QED) is 0.221. The predicted molar refractivity (Wildman–Crippen MR) is 163 cm³/mol. The van der Waals surface area contributed by atoms with Gasteiger partial charge in [0.25, 0.3) is 11.8 Å². The zero-order chi connectivity index (χ0) is 31.1. The molecule has 0 saturated carbocycles. The molecule has 44 heavy (non-hydrogen) atoms. The van der Waals surface area contributed by atoms with Gasteiger partial charge in [0, 0.05) is 53.9 Å². The van der Waals surface area contributed by atoms with E-state index in [0.717, 1.165) is 11.5 Å². The highest BCUT2D eigenvalue weighted by atomic mass is 19.1. The first kappa shape index (κ1) is 28.4. The average molecular weight is 595 g/mol. The Balaban J connectivity index is 1.30. The van der Waals surface area contributed by atoms with E-state index in [0.29, 0.717) is 39.5 Å². The van der Waals surface area contributed by atoms with Crippen LogP contribution in [0.5, 0.6) is 23.1 Å². The number of furan rings is 1. The van der Waals surface area contributed by atoms with Crippen LogP contribution in [0.25, 0.3) is 33.3 Å². The molecule has 11 heteroatoms. The van der Waals surface area contributed by atoms with Crippen LogP contribution in [0.15, 0.2) is 76.1 Å². The normalized spacial score (nSPS) is 11.1. The molecule has 4 aromatic heterocycles. The molecule has 4 heterocycles. The summed E-state index contributed by atoms with van der Waals surface area (Å²) in [5.74, 6) is -0.328. The number of rotatable bonds is 7. The number of amides is 1. The van der Waals surface area contributed by atoms with Crippen molar-refractivity contribution < 1.29 is 27.8 Å². The Bertz CT molecular complexity index is 2120. The van der Waals surface area contributed by atoms with Gasteiger partial charge in [-0.1, -0.05) is 18.2 Å². The van der Waals surface area contributed by atoms with Gasteiger partial charge in [-0.2, -0.15) is 0 Å². The summed E-state index contributed by atoms with van der Waals surface area (Å²) in [6.07, 6.45) is 1.50. The second-order valence-electron chi connectivity index (χ2n) is 10.0. The minimum Gasteiger partial charge on any atom is -0.491 e. The molecule has 222 valence electrons. The van der Waals surface area contributed by atoms with E-state index in [-0.39, 0.29) is 34.2 Å². The van der Waals surface area contributed by atoms with Gasteiger partial charge in [0.15, 0.2) is 23.1 Å². The molecule has 0 unspecified atom stereocenters. The van der Waals surface area contributed by atoms with Crippen LogP contribution in [-0.4, -0.2) is 34.7 Å². The number of fused-ring (bicyclic) bond motifs is 2. The van der Waals surface area contributed by atoms with E-state index < -0.39 is 17.2 Å². The average Bonchev–Trinajstić information content (AvgIpc) is 3.44. The van der Waals surface area contributed by atoms with Gasteiger partial charge in [-0.05, 0) is 38.1 Å². The molecule has 6 rings (SSSR count). The molecular formula is C33H27FN4O6. The Morgan fingerprint density at radius 1 is 0.955 bits per heavy atom. The Morgan fingerprint density at radius 3 is 2.48 bits per heavy atom. The summed E-state index contributed by atoms with van der Waals surface area (Å²) < 4.78 is 39.4. The highest BCUT2D eigenvalue weighted by molar-refractivity contribution is 6.05. The summed E-state index contributed by atoms with van der Waals surface area (Å²) in [6, 6.07) is 16.3. The molecule has 0 aliphatic carbocycles. The number of carbonyl (C=O) groups is 1. The molecule has 0 fully saturated rings. The lowest BCUT2D eigenvalue weighted by Gasteiger charge is -2.17. The summed E-state index contributed by atoms with van der Waals surface area (Å²) in [5, 5.41) is 3.49. The van der Waals surface area contributed by atoms with Crippen molar-refractivity contribution >= 4 is 33.6 Å². The van der Waals surface area contributed by atoms with Crippen LogP contribution in [0.4, 0.5) is 10.1 Å². The maximum Gasteiger partial charge on any atom is 0.261 e. The van der Waals surface area contributed by atoms with Crippen molar-refractivity contribution in [1.29, 1.82) is 0 Å². The molecular weight excluding hydrogens is 567 g/mol. The van der Waals surface area contributed by atoms with Crippen LogP contribution in [0.1, 0.15) is 21.7 Å². The number of hydrogen-bond acceptors (Lipinski definition) is 8. The minimum atomic E-state index is -0.746. The Labute approximate surface area is 250 Å². The molecule has 1 amide bonds. The van der Waals surface area contributed by atoms with Crippen LogP contribution >= 0.6 is 0 Å². The number of aromatic nitrogens is 3. The standard InChI is InChI=1S/C33H27FN4O6/c1-17-28(26-14-19-8-6-7-9-23(19)43-26)31(39)29(18(2)38(17)3)32(40)36-20-10-11-24(21(34)15-20)44-25-12-13-35-22-16-27(41-4)33(42-5)37-30(22)25/h6-16H,1-5H3,(H,36,40). The number of hydrogen-bond donors (Lipinski definition) is 1. The van der Waals surface area contributed by atoms with Crippen molar-refractivity contribution in [3.63, 3.8) is 0 Å². The SMILES string of the molecule is COc1cc2nccc(Oc3ccc(NC(=O)c4c(C)n(C)c(C)c(-c5cc6ccccc6o5)c4=O)cc3F)c2nc1OC. The molecule has 0 bridgehead atoms. The maximum atomic E-state index is 15.3. The van der Waals surface area contributed by atoms with E-state index in [4.69, 9.17) is 18.6 Å². The van der Waals surface area contributed by atoms with Gasteiger partial charge in [0.1, 0.15) is 22.4 Å². The van der Waals surface area contributed by atoms with E-state index in [9.17, 15) is 9.59 Å². The number of nitrogens with zero attached hydrogens (tertiary/aromatic N) is 3. The van der Waals surface area contributed by atoms with Crippen molar-refractivity contribution in [3.8, 4) is 34.5 Å². The van der Waals surface area contributed by atoms with Crippen LogP contribution in [-0.2, 0) is 7.05 Å². The maximum absolute atomic E-state index is 15.3. The van der Waals surface area contributed by atoms with E-state index in [1.165, 1.54) is 32.5 Å². The van der Waals surface area contributed by atoms with Gasteiger partial charge in [0.2, 0.25) is 5.43 Å². The molecule has 0 radical (unpaired) electrons. The number of ether oxygens (including phenoxy) is 3. The van der Waals surface area contributed by atoms with E-state index in [2.05, 4.69) is 15.3 Å². The fourth-order valence-corrected chi connectivity index (χ4v) is 5.06. The number of carbonyl (C=O) groups excluding carboxylic acids is 1. The lowest BCUT2D eigenvalue weighted by atomic mass is 10.0. The monoisotopic (exact) mass is 594 g/mol. The highest BCUT2D eigenvalue weighted by Gasteiger charge is 2.24. The van der Waals surface area contributed by atoms with Crippen LogP contribution < -0.4 is 25.0 Å². The predicted octanol–water partition coefficient (Wildman–Crippen LogP) is 6.56. The molecule has 10 nitrogen and oxygen atoms in total. The summed E-state index contributed by atoms with van der Waals surface area (Å²) >= 11 is 0. The van der Waals surface area contributed by atoms with E-state index >= 15 is 4.39 Å². The lowest BCUT2D eigenvalue weighted by molar-refractivity contribution is 0.102. The molecule has 0 aliphatic rings. The third kappa shape index (κ3) is 4.87. The van der Waals surface area contributed by atoms with Crippen molar-refractivity contribution in [2.24, 2.45) is 7.05 Å². The number of methoxy groups -OCH3 is 2. The largest absolute Gasteiger partial charge is 0.491 e. The first-order valence-electron chi connectivity index (χ1n) is 13.6. The highest BCUT2D eigenvalue weighted by Crippen LogP contribution is 2.35. The second kappa shape index (κ2) is 11.2. The van der Waals surface area contributed by atoms with E-state index in [1.54, 1.807) is 43.7 Å². The molecule has 0 spiro atoms. The van der Waals surface area contributed by atoms with Crippen molar-refractivity contribution in [3.05, 3.63) is 99.9 Å². The molecule has 2 aromatic carbocycles. The fourth-order valence-electron chi connectivity index (χ4n) is 5.06. The van der Waals surface area contributed by atoms with Crippen LogP contribution in [0.3, 0.4) is 0 Å². The van der Waals surface area contributed by atoms with Crippen LogP contribution in [0, 0.1) is 19.7 Å². The smallest absolute Gasteiger partial charge is 0.261 e. The zero-order valence-corrected chi connectivity index (χ0v) is 24.5. The molecule has 0 atom stereocenters. The summed E-state index contributed by atoms with van der Waals surface area (Å²) in [6.45, 7) is 3.47. The zero-order valence-electron chi connectivity index (χ0n) is 24.5. The molecule has 0 aliphatic heterocycles. The summed E-state index contributed by atoms with van der Waals surface area (Å²) in [5.41, 5.74) is 2.38. The number of benzene rings is 2. The van der Waals surface area contributed by atoms with Crippen molar-refractivity contribution in [2.45, 2.75) is 13.8 Å². The Hall–Kier alpha value is -5.71. The van der Waals surface area contributed by atoms with Gasteiger partial charge >= 0.3 is 0 Å². The van der Waals surface area contributed by atoms with Gasteiger partial charge in [-0.3, -0.25) is 14.6 Å². The Morgan fingerprint density at radius 2 is 1.75 bits per heavy atom. The van der Waals surface area contributed by atoms with Crippen molar-refractivity contribution in [1.82, 2.24) is 14.5 Å². The van der Waals surface area contributed by atoms with Crippen molar-refractivity contribution in [2.75, 3.05) is 19.5 Å². The lowest BCUT2D eigenvalue weighted by Crippen LogP contribution is -2.28. The number of anilines is 1. The van der Waals surface area contributed by atoms with Gasteiger partial charge in [0.05, 0.1) is 25.3 Å². The Kier molecular flexibility index (Phi) is 7.22. The van der Waals surface area contributed by atoms with Crippen LogP contribution in [0.2, 0.25) is 0 Å². The molecule has 6 aromatic rings. The number of pyridine rings is 3. The fraction of sp³-hybridized carbons (Fsp3) is 0.152. The first-order valence-corrected chi connectivity index (χ1v) is 13.6. The first-order chi connectivity index (χ1) is 21.2. The van der Waals surface area contributed by atoms with Gasteiger partial charge in [-0.15, -0.1) is 0 Å².